The van der Waals surface area contributed by atoms with E-state index in [-0.39, 0.29) is 5.75 Å². The molecule has 2 N–H and O–H groups in total. The van der Waals surface area contributed by atoms with Crippen LogP contribution in [0.1, 0.15) is 11.3 Å². The van der Waals surface area contributed by atoms with Crippen LogP contribution in [0.5, 0.6) is 5.75 Å². The van der Waals surface area contributed by atoms with Gasteiger partial charge in [0.2, 0.25) is 0 Å². The number of aromatic nitrogens is 2. The molecule has 2 rings (SSSR count). The normalized spacial score (nSPS) is 10.6. The Bertz CT molecular complexity index is 461. The molecule has 1 aromatic heterocycles. The highest BCUT2D eigenvalue weighted by Gasteiger charge is 2.00. The van der Waals surface area contributed by atoms with Gasteiger partial charge in [-0.2, -0.15) is 0 Å². The molecule has 0 unspecified atom stereocenters. The van der Waals surface area contributed by atoms with Gasteiger partial charge in [-0.25, -0.2) is 0 Å². The molecule has 0 bridgehead atoms. The minimum Gasteiger partial charge on any atom is -0.507 e. The molecule has 0 spiro atoms. The van der Waals surface area contributed by atoms with Gasteiger partial charge in [0.1, 0.15) is 5.75 Å². The van der Waals surface area contributed by atoms with Crippen LogP contribution in [-0.2, 0) is 13.1 Å². The summed E-state index contributed by atoms with van der Waals surface area (Å²) >= 11 is 4.63. The lowest BCUT2D eigenvalue weighted by molar-refractivity contribution is 0.471. The molecule has 1 heterocycles. The molecule has 0 aliphatic rings. The van der Waals surface area contributed by atoms with Crippen LogP contribution in [0.15, 0.2) is 28.1 Å². The van der Waals surface area contributed by atoms with Crippen LogP contribution in [0.2, 0.25) is 0 Å². The first-order valence-corrected chi connectivity index (χ1v) is 6.32. The third kappa shape index (κ3) is 3.01. The molecule has 2 aromatic rings. The first kappa shape index (κ1) is 11.5. The summed E-state index contributed by atoms with van der Waals surface area (Å²) in [6.45, 7) is 1.44. The van der Waals surface area contributed by atoms with Gasteiger partial charge in [-0.3, -0.25) is 0 Å². The zero-order chi connectivity index (χ0) is 11.4. The highest BCUT2D eigenvalue weighted by Crippen LogP contribution is 2.24. The van der Waals surface area contributed by atoms with E-state index in [9.17, 15) is 5.11 Å². The summed E-state index contributed by atoms with van der Waals surface area (Å²) in [6, 6.07) is 5.44. The van der Waals surface area contributed by atoms with Crippen molar-refractivity contribution in [1.82, 2.24) is 14.9 Å². The number of hydrogen-bond acceptors (Lipinski definition) is 5. The van der Waals surface area contributed by atoms with Crippen LogP contribution >= 0.6 is 27.5 Å². The quantitative estimate of drug-likeness (QED) is 0.909. The predicted molar refractivity (Wildman–Crippen MR) is 66.3 cm³/mol. The largest absolute Gasteiger partial charge is 0.507 e. The fourth-order valence-corrected chi connectivity index (χ4v) is 2.13. The molecular formula is C10H10BrN3OS. The zero-order valence-corrected chi connectivity index (χ0v) is 10.8. The van der Waals surface area contributed by atoms with Crippen LogP contribution in [0, 0.1) is 0 Å². The Kier molecular flexibility index (Phi) is 3.87. The second-order valence-corrected chi connectivity index (χ2v) is 4.75. The summed E-state index contributed by atoms with van der Waals surface area (Å²) in [5.74, 6) is 0.257. The Labute approximate surface area is 106 Å². The average molecular weight is 300 g/mol. The van der Waals surface area contributed by atoms with E-state index in [1.165, 1.54) is 11.5 Å². The van der Waals surface area contributed by atoms with E-state index in [1.807, 2.05) is 17.5 Å². The number of nitrogens with one attached hydrogen (secondary N) is 1. The molecule has 0 saturated heterocycles. The lowest BCUT2D eigenvalue weighted by Crippen LogP contribution is -2.12. The Balaban J connectivity index is 1.87. The van der Waals surface area contributed by atoms with Gasteiger partial charge >= 0.3 is 0 Å². The van der Waals surface area contributed by atoms with Crippen LogP contribution in [0.25, 0.3) is 0 Å². The molecule has 0 saturated carbocycles. The second-order valence-electron chi connectivity index (χ2n) is 3.29. The average Bonchev–Trinajstić information content (AvgIpc) is 2.76. The van der Waals surface area contributed by atoms with Crippen molar-refractivity contribution in [3.8, 4) is 5.75 Å². The van der Waals surface area contributed by atoms with Crippen molar-refractivity contribution >= 4 is 27.5 Å². The van der Waals surface area contributed by atoms with E-state index in [2.05, 4.69) is 30.8 Å². The van der Waals surface area contributed by atoms with Crippen molar-refractivity contribution in [2.24, 2.45) is 0 Å². The molecule has 0 aliphatic heterocycles. The van der Waals surface area contributed by atoms with E-state index >= 15 is 0 Å². The van der Waals surface area contributed by atoms with Crippen LogP contribution in [0.3, 0.4) is 0 Å². The molecular weight excluding hydrogens is 290 g/mol. The molecule has 4 nitrogen and oxygen atoms in total. The first-order valence-electron chi connectivity index (χ1n) is 4.70. The summed E-state index contributed by atoms with van der Waals surface area (Å²) in [5.41, 5.74) is 2.05. The lowest BCUT2D eigenvalue weighted by Gasteiger charge is -2.04. The standard InChI is InChI=1S/C10H10BrN3OS/c11-9-3-7(1-2-10(9)15)4-12-5-8-6-16-14-13-8/h1-3,6,12,15H,4-5H2. The summed E-state index contributed by atoms with van der Waals surface area (Å²) in [5, 5.41) is 18.4. The smallest absolute Gasteiger partial charge is 0.129 e. The van der Waals surface area contributed by atoms with Gasteiger partial charge in [0, 0.05) is 18.5 Å². The molecule has 6 heteroatoms. The number of halogens is 1. The summed E-state index contributed by atoms with van der Waals surface area (Å²) in [6.07, 6.45) is 0. The van der Waals surface area contributed by atoms with Crippen LogP contribution in [0.4, 0.5) is 0 Å². The SMILES string of the molecule is Oc1ccc(CNCc2csnn2)cc1Br. The fraction of sp³-hybridized carbons (Fsp3) is 0.200. The molecule has 84 valence electrons. The van der Waals surface area contributed by atoms with Crippen LogP contribution in [-0.4, -0.2) is 14.7 Å². The highest BCUT2D eigenvalue weighted by atomic mass is 79.9. The summed E-state index contributed by atoms with van der Waals surface area (Å²) in [4.78, 5) is 0. The molecule has 0 fully saturated rings. The number of phenolic OH excluding ortho intramolecular Hbond substituents is 1. The molecule has 0 atom stereocenters. The molecule has 16 heavy (non-hydrogen) atoms. The second kappa shape index (κ2) is 5.38. The Morgan fingerprint density at radius 1 is 1.38 bits per heavy atom. The maximum atomic E-state index is 9.34. The van der Waals surface area contributed by atoms with Gasteiger partial charge in [0.05, 0.1) is 10.2 Å². The maximum absolute atomic E-state index is 9.34. The fourth-order valence-electron chi connectivity index (χ4n) is 1.26. The van der Waals surface area contributed by atoms with Crippen molar-refractivity contribution in [3.63, 3.8) is 0 Å². The number of hydrogen-bond donors (Lipinski definition) is 2. The third-order valence-corrected chi connectivity index (χ3v) is 3.24. The number of benzene rings is 1. The monoisotopic (exact) mass is 299 g/mol. The van der Waals surface area contributed by atoms with Gasteiger partial charge in [-0.1, -0.05) is 10.6 Å². The van der Waals surface area contributed by atoms with E-state index in [1.54, 1.807) is 6.07 Å². The third-order valence-electron chi connectivity index (χ3n) is 2.05. The molecule has 0 amide bonds. The van der Waals surface area contributed by atoms with Crippen molar-refractivity contribution in [2.75, 3.05) is 0 Å². The Hall–Kier alpha value is -0.980. The summed E-state index contributed by atoms with van der Waals surface area (Å²) < 4.78 is 4.49. The minimum atomic E-state index is 0.257. The minimum absolute atomic E-state index is 0.257. The van der Waals surface area contributed by atoms with Gasteiger partial charge < -0.3 is 10.4 Å². The van der Waals surface area contributed by atoms with E-state index in [0.717, 1.165) is 17.8 Å². The number of aromatic hydroxyl groups is 1. The van der Waals surface area contributed by atoms with Gasteiger partial charge in [-0.15, -0.1) is 5.10 Å². The van der Waals surface area contributed by atoms with E-state index < -0.39 is 0 Å². The van der Waals surface area contributed by atoms with Crippen molar-refractivity contribution in [3.05, 3.63) is 39.3 Å². The highest BCUT2D eigenvalue weighted by molar-refractivity contribution is 9.10. The topological polar surface area (TPSA) is 58.0 Å². The van der Waals surface area contributed by atoms with Crippen molar-refractivity contribution in [2.45, 2.75) is 13.1 Å². The lowest BCUT2D eigenvalue weighted by atomic mass is 10.2. The van der Waals surface area contributed by atoms with E-state index in [4.69, 9.17) is 0 Å². The van der Waals surface area contributed by atoms with E-state index in [0.29, 0.717) is 11.0 Å². The van der Waals surface area contributed by atoms with Gasteiger partial charge in [-0.05, 0) is 45.2 Å². The summed E-state index contributed by atoms with van der Waals surface area (Å²) in [7, 11) is 0. The van der Waals surface area contributed by atoms with Gasteiger partial charge in [0.15, 0.2) is 0 Å². The van der Waals surface area contributed by atoms with Crippen LogP contribution < -0.4 is 5.32 Å². The molecule has 1 aromatic carbocycles. The first-order chi connectivity index (χ1) is 7.75. The number of phenols is 1. The Morgan fingerprint density at radius 3 is 2.94 bits per heavy atom. The zero-order valence-electron chi connectivity index (χ0n) is 8.35. The number of nitrogens with zero attached hydrogens (tertiary/aromatic N) is 2. The Morgan fingerprint density at radius 2 is 2.25 bits per heavy atom. The van der Waals surface area contributed by atoms with Crippen molar-refractivity contribution in [1.29, 1.82) is 0 Å². The predicted octanol–water partition coefficient (Wildman–Crippen LogP) is 2.30. The number of rotatable bonds is 4. The molecule has 0 radical (unpaired) electrons. The maximum Gasteiger partial charge on any atom is 0.129 e. The van der Waals surface area contributed by atoms with Gasteiger partial charge in [0.25, 0.3) is 0 Å². The molecule has 0 aliphatic carbocycles. The van der Waals surface area contributed by atoms with Crippen molar-refractivity contribution < 1.29 is 5.11 Å².